The number of nitrogens with one attached hydrogen (secondary N) is 3. The van der Waals surface area contributed by atoms with Gasteiger partial charge in [-0.1, -0.05) is 48.5 Å². The SMILES string of the molecule is CC(NC(=O)CNC(=O)c1ccccc1)c1ncc(-c2ccccc2)[nH]1. The largest absolute Gasteiger partial charge is 0.345 e. The van der Waals surface area contributed by atoms with Crippen molar-refractivity contribution in [3.63, 3.8) is 0 Å². The van der Waals surface area contributed by atoms with Gasteiger partial charge in [0, 0.05) is 5.56 Å². The first-order valence-corrected chi connectivity index (χ1v) is 8.36. The van der Waals surface area contributed by atoms with Crippen LogP contribution in [0, 0.1) is 0 Å². The third-order valence-corrected chi connectivity index (χ3v) is 3.91. The fraction of sp³-hybridized carbons (Fsp3) is 0.150. The molecular formula is C20H20N4O2. The summed E-state index contributed by atoms with van der Waals surface area (Å²) in [5.74, 6) is 0.101. The average Bonchev–Trinajstić information content (AvgIpc) is 3.18. The monoisotopic (exact) mass is 348 g/mol. The third-order valence-electron chi connectivity index (χ3n) is 3.91. The number of carbonyl (C=O) groups is 2. The van der Waals surface area contributed by atoms with E-state index in [0.717, 1.165) is 11.3 Å². The van der Waals surface area contributed by atoms with Gasteiger partial charge in [-0.25, -0.2) is 4.98 Å². The summed E-state index contributed by atoms with van der Waals surface area (Å²) in [5, 5.41) is 5.43. The summed E-state index contributed by atoms with van der Waals surface area (Å²) in [6.07, 6.45) is 1.74. The lowest BCUT2D eigenvalue weighted by atomic mass is 10.2. The molecule has 1 heterocycles. The Kier molecular flexibility index (Phi) is 5.43. The molecule has 1 atom stereocenters. The summed E-state index contributed by atoms with van der Waals surface area (Å²) >= 11 is 0. The number of H-pyrrole nitrogens is 1. The number of hydrogen-bond donors (Lipinski definition) is 3. The number of benzene rings is 2. The second-order valence-electron chi connectivity index (χ2n) is 5.89. The lowest BCUT2D eigenvalue weighted by Gasteiger charge is -2.12. The molecule has 1 unspecified atom stereocenters. The van der Waals surface area contributed by atoms with Gasteiger partial charge in [-0.2, -0.15) is 0 Å². The number of carbonyl (C=O) groups excluding carboxylic acids is 2. The van der Waals surface area contributed by atoms with Crippen molar-refractivity contribution in [1.29, 1.82) is 0 Å². The van der Waals surface area contributed by atoms with Crippen molar-refractivity contribution < 1.29 is 9.59 Å². The van der Waals surface area contributed by atoms with Crippen LogP contribution < -0.4 is 10.6 Å². The van der Waals surface area contributed by atoms with Crippen LogP contribution in [0.5, 0.6) is 0 Å². The van der Waals surface area contributed by atoms with Gasteiger partial charge in [0.05, 0.1) is 24.5 Å². The van der Waals surface area contributed by atoms with E-state index in [4.69, 9.17) is 0 Å². The van der Waals surface area contributed by atoms with Crippen molar-refractivity contribution in [2.75, 3.05) is 6.54 Å². The molecule has 0 fully saturated rings. The Morgan fingerprint density at radius 3 is 2.38 bits per heavy atom. The number of hydrogen-bond acceptors (Lipinski definition) is 3. The van der Waals surface area contributed by atoms with Gasteiger partial charge >= 0.3 is 0 Å². The maximum absolute atomic E-state index is 12.1. The summed E-state index contributed by atoms with van der Waals surface area (Å²) in [6, 6.07) is 18.3. The van der Waals surface area contributed by atoms with Crippen molar-refractivity contribution >= 4 is 11.8 Å². The Balaban J connectivity index is 1.53. The number of amides is 2. The Hall–Kier alpha value is -3.41. The minimum Gasteiger partial charge on any atom is -0.345 e. The Morgan fingerprint density at radius 1 is 1.04 bits per heavy atom. The molecule has 0 aliphatic heterocycles. The molecule has 0 saturated carbocycles. The number of imidazole rings is 1. The van der Waals surface area contributed by atoms with Crippen LogP contribution in [0.25, 0.3) is 11.3 Å². The molecule has 2 aromatic carbocycles. The van der Waals surface area contributed by atoms with Crippen LogP contribution in [0.2, 0.25) is 0 Å². The lowest BCUT2D eigenvalue weighted by Crippen LogP contribution is -2.38. The standard InChI is InChI=1S/C20H20N4O2/c1-14(19-21-12-17(24-19)15-8-4-2-5-9-15)23-18(25)13-22-20(26)16-10-6-3-7-11-16/h2-12,14H,13H2,1H3,(H,21,24)(H,22,26)(H,23,25). The van der Waals surface area contributed by atoms with Crippen molar-refractivity contribution in [2.24, 2.45) is 0 Å². The van der Waals surface area contributed by atoms with Gasteiger partial charge in [0.1, 0.15) is 5.82 Å². The quantitative estimate of drug-likeness (QED) is 0.640. The fourth-order valence-electron chi connectivity index (χ4n) is 2.53. The van der Waals surface area contributed by atoms with E-state index < -0.39 is 0 Å². The smallest absolute Gasteiger partial charge is 0.251 e. The maximum atomic E-state index is 12.1. The number of aromatic nitrogens is 2. The predicted molar refractivity (Wildman–Crippen MR) is 99.4 cm³/mol. The van der Waals surface area contributed by atoms with Crippen LogP contribution in [0.3, 0.4) is 0 Å². The Bertz CT molecular complexity index is 875. The van der Waals surface area contributed by atoms with E-state index in [0.29, 0.717) is 11.4 Å². The van der Waals surface area contributed by atoms with E-state index >= 15 is 0 Å². The van der Waals surface area contributed by atoms with Crippen LogP contribution in [0.4, 0.5) is 0 Å². The lowest BCUT2D eigenvalue weighted by molar-refractivity contribution is -0.120. The van der Waals surface area contributed by atoms with E-state index in [9.17, 15) is 9.59 Å². The minimum absolute atomic E-state index is 0.0929. The molecular weight excluding hydrogens is 328 g/mol. The van der Waals surface area contributed by atoms with E-state index in [1.54, 1.807) is 30.5 Å². The molecule has 3 N–H and O–H groups in total. The summed E-state index contributed by atoms with van der Waals surface area (Å²) in [6.45, 7) is 1.74. The summed E-state index contributed by atoms with van der Waals surface area (Å²) in [7, 11) is 0. The topological polar surface area (TPSA) is 86.9 Å². The summed E-state index contributed by atoms with van der Waals surface area (Å²) in [4.78, 5) is 31.6. The van der Waals surface area contributed by atoms with Gasteiger partial charge in [0.2, 0.25) is 5.91 Å². The molecule has 26 heavy (non-hydrogen) atoms. The van der Waals surface area contributed by atoms with Crippen molar-refractivity contribution in [1.82, 2.24) is 20.6 Å². The molecule has 0 bridgehead atoms. The normalized spacial score (nSPS) is 11.6. The average molecular weight is 348 g/mol. The maximum Gasteiger partial charge on any atom is 0.251 e. The van der Waals surface area contributed by atoms with Gasteiger partial charge in [0.15, 0.2) is 0 Å². The van der Waals surface area contributed by atoms with Gasteiger partial charge < -0.3 is 15.6 Å². The van der Waals surface area contributed by atoms with Crippen molar-refractivity contribution in [2.45, 2.75) is 13.0 Å². The first kappa shape index (κ1) is 17.4. The van der Waals surface area contributed by atoms with Crippen molar-refractivity contribution in [3.8, 4) is 11.3 Å². The highest BCUT2D eigenvalue weighted by molar-refractivity contribution is 5.96. The minimum atomic E-state index is -0.298. The van der Waals surface area contributed by atoms with Gasteiger partial charge in [-0.05, 0) is 24.6 Å². The second kappa shape index (κ2) is 8.11. The van der Waals surface area contributed by atoms with Crippen LogP contribution in [-0.4, -0.2) is 28.3 Å². The molecule has 6 nitrogen and oxygen atoms in total. The van der Waals surface area contributed by atoms with E-state index in [-0.39, 0.29) is 24.4 Å². The highest BCUT2D eigenvalue weighted by Crippen LogP contribution is 2.18. The van der Waals surface area contributed by atoms with Crippen LogP contribution in [0.1, 0.15) is 29.1 Å². The number of rotatable bonds is 6. The van der Waals surface area contributed by atoms with Crippen LogP contribution >= 0.6 is 0 Å². The molecule has 0 spiro atoms. The second-order valence-corrected chi connectivity index (χ2v) is 5.89. The zero-order valence-electron chi connectivity index (χ0n) is 14.4. The van der Waals surface area contributed by atoms with E-state index in [2.05, 4.69) is 20.6 Å². The zero-order chi connectivity index (χ0) is 18.4. The molecule has 0 aliphatic carbocycles. The molecule has 0 aliphatic rings. The number of aromatic amines is 1. The molecule has 2 amide bonds. The van der Waals surface area contributed by atoms with Crippen LogP contribution in [-0.2, 0) is 4.79 Å². The van der Waals surface area contributed by atoms with Gasteiger partial charge in [-0.3, -0.25) is 9.59 Å². The third kappa shape index (κ3) is 4.36. The van der Waals surface area contributed by atoms with Gasteiger partial charge in [0.25, 0.3) is 5.91 Å². The zero-order valence-corrected chi connectivity index (χ0v) is 14.4. The summed E-state index contributed by atoms with van der Waals surface area (Å²) < 4.78 is 0. The Labute approximate surface area is 151 Å². The van der Waals surface area contributed by atoms with E-state index in [1.807, 2.05) is 43.3 Å². The molecule has 3 aromatic rings. The molecule has 0 radical (unpaired) electrons. The first-order valence-electron chi connectivity index (χ1n) is 8.36. The highest BCUT2D eigenvalue weighted by Gasteiger charge is 2.14. The van der Waals surface area contributed by atoms with Gasteiger partial charge in [-0.15, -0.1) is 0 Å². The summed E-state index contributed by atoms with van der Waals surface area (Å²) in [5.41, 5.74) is 2.44. The highest BCUT2D eigenvalue weighted by atomic mass is 16.2. The Morgan fingerprint density at radius 2 is 1.69 bits per heavy atom. The number of nitrogens with zero attached hydrogens (tertiary/aromatic N) is 1. The first-order chi connectivity index (χ1) is 12.6. The molecule has 132 valence electrons. The fourth-order valence-corrected chi connectivity index (χ4v) is 2.53. The molecule has 3 rings (SSSR count). The molecule has 0 saturated heterocycles. The molecule has 1 aromatic heterocycles. The van der Waals surface area contributed by atoms with E-state index in [1.165, 1.54) is 0 Å². The predicted octanol–water partition coefficient (Wildman–Crippen LogP) is 2.68. The van der Waals surface area contributed by atoms with Crippen LogP contribution in [0.15, 0.2) is 66.9 Å². The molecule has 6 heteroatoms. The van der Waals surface area contributed by atoms with Crippen molar-refractivity contribution in [3.05, 3.63) is 78.2 Å².